The zero-order valence-electron chi connectivity index (χ0n) is 33.5. The van der Waals surface area contributed by atoms with Crippen LogP contribution in [-0.4, -0.2) is 59.2 Å². The van der Waals surface area contributed by atoms with E-state index in [0.717, 1.165) is 79.6 Å². The fourth-order valence-corrected chi connectivity index (χ4v) is 9.77. The van der Waals surface area contributed by atoms with E-state index in [1.807, 2.05) is 13.0 Å². The van der Waals surface area contributed by atoms with Crippen LogP contribution < -0.4 is 20.1 Å². The van der Waals surface area contributed by atoms with Gasteiger partial charge in [-0.2, -0.15) is 9.97 Å². The summed E-state index contributed by atoms with van der Waals surface area (Å²) in [6.45, 7) is 24.8. The third-order valence-corrected chi connectivity index (χ3v) is 12.2. The van der Waals surface area contributed by atoms with Gasteiger partial charge in [0.2, 0.25) is 0 Å². The topological polar surface area (TPSA) is 87.9 Å². The summed E-state index contributed by atoms with van der Waals surface area (Å²) in [4.78, 5) is 13.0. The van der Waals surface area contributed by atoms with Gasteiger partial charge < -0.3 is 24.6 Å². The Hall–Kier alpha value is -4.01. The van der Waals surface area contributed by atoms with Crippen LogP contribution >= 0.6 is 0 Å². The van der Waals surface area contributed by atoms with Gasteiger partial charge in [0.05, 0.1) is 36.8 Å². The third kappa shape index (κ3) is 6.89. The number of rotatable bonds is 8. The molecule has 2 fully saturated rings. The Balaban J connectivity index is 1.62. The molecule has 2 heterocycles. The number of fused-ring (bicyclic) bond motifs is 4. The number of aromatic nitrogens is 2. The number of hydrogen-bond acceptors (Lipinski definition) is 7. The number of aromatic hydroxyl groups is 1. The van der Waals surface area contributed by atoms with E-state index in [2.05, 4.69) is 66.0 Å². The van der Waals surface area contributed by atoms with Gasteiger partial charge >= 0.3 is 6.01 Å². The van der Waals surface area contributed by atoms with Crippen molar-refractivity contribution in [1.29, 1.82) is 0 Å². The number of aliphatic hydroxyl groups is 1. The molecule has 4 aromatic rings. The summed E-state index contributed by atoms with van der Waals surface area (Å²) < 4.78 is 28.5. The highest BCUT2D eigenvalue weighted by molar-refractivity contribution is 6.05. The molecule has 0 spiro atoms. The van der Waals surface area contributed by atoms with Crippen LogP contribution in [0.2, 0.25) is 0 Å². The minimum absolute atomic E-state index is 0.123. The first-order chi connectivity index (χ1) is 25.7. The lowest BCUT2D eigenvalue weighted by molar-refractivity contribution is 0.0462. The summed E-state index contributed by atoms with van der Waals surface area (Å²) >= 11 is 0. The van der Waals surface area contributed by atoms with Gasteiger partial charge in [0.1, 0.15) is 17.4 Å². The highest BCUT2D eigenvalue weighted by Crippen LogP contribution is 2.42. The molecule has 0 radical (unpaired) electrons. The maximum Gasteiger partial charge on any atom is 0.318 e. The Morgan fingerprint density at radius 1 is 1.04 bits per heavy atom. The summed E-state index contributed by atoms with van der Waals surface area (Å²) in [6.07, 6.45) is 5.93. The number of ether oxygens (including phenoxy) is 2. The van der Waals surface area contributed by atoms with E-state index in [9.17, 15) is 10.2 Å². The van der Waals surface area contributed by atoms with Crippen molar-refractivity contribution in [3.8, 4) is 22.9 Å². The van der Waals surface area contributed by atoms with Crippen LogP contribution in [0.5, 0.6) is 11.8 Å². The molecule has 1 saturated carbocycles. The Bertz CT molecular complexity index is 2260. The van der Waals surface area contributed by atoms with Gasteiger partial charge in [0.25, 0.3) is 0 Å². The average molecular weight is 736 g/mol. The molecule has 3 aliphatic rings. The molecule has 2 N–H and O–H groups in total. The lowest BCUT2D eigenvalue weighted by Gasteiger charge is -2.37. The highest BCUT2D eigenvalue weighted by atomic mass is 19.1. The molecule has 8 heteroatoms. The maximum atomic E-state index is 15.7. The molecule has 4 atom stereocenters. The van der Waals surface area contributed by atoms with Gasteiger partial charge in [-0.1, -0.05) is 85.3 Å². The summed E-state index contributed by atoms with van der Waals surface area (Å²) in [5.41, 5.74) is 6.23. The average Bonchev–Trinajstić information content (AvgIpc) is 3.29. The summed E-state index contributed by atoms with van der Waals surface area (Å²) in [5.74, 6) is 1.25. The Kier molecular flexibility index (Phi) is 10.3. The van der Waals surface area contributed by atoms with Gasteiger partial charge in [-0.05, 0) is 112 Å². The van der Waals surface area contributed by atoms with Gasteiger partial charge in [0, 0.05) is 23.9 Å². The van der Waals surface area contributed by atoms with Crippen molar-refractivity contribution in [3.63, 3.8) is 0 Å². The number of nitrogens with zero attached hydrogens (tertiary/aromatic N) is 3. The molecule has 3 aromatic carbocycles. The first-order valence-electron chi connectivity index (χ1n) is 20.0. The number of aryl methyl sites for hydroxylation is 2. The van der Waals surface area contributed by atoms with Crippen LogP contribution in [0.15, 0.2) is 36.4 Å². The van der Waals surface area contributed by atoms with E-state index < -0.39 is 6.10 Å². The number of aliphatic hydroxyl groups excluding tert-OH is 1. The number of phenolic OH excluding ortho intramolecular Hbond substituents is 1. The molecule has 7 rings (SSSR count). The van der Waals surface area contributed by atoms with E-state index in [-0.39, 0.29) is 34.2 Å². The molecule has 0 amide bonds. The van der Waals surface area contributed by atoms with Crippen molar-refractivity contribution in [2.75, 3.05) is 37.8 Å². The second-order valence-corrected chi connectivity index (χ2v) is 17.4. The normalized spacial score (nSPS) is 24.4. The van der Waals surface area contributed by atoms with Gasteiger partial charge in [0.15, 0.2) is 0 Å². The second-order valence-electron chi connectivity index (χ2n) is 17.4. The summed E-state index contributed by atoms with van der Waals surface area (Å²) in [5, 5.41) is 26.9. The molecular weight excluding hydrogens is 678 g/mol. The first kappa shape index (κ1) is 38.3. The lowest BCUT2D eigenvalue weighted by Crippen LogP contribution is -2.41. The van der Waals surface area contributed by atoms with Crippen molar-refractivity contribution in [1.82, 2.24) is 9.97 Å². The van der Waals surface area contributed by atoms with Crippen LogP contribution in [-0.2, 0) is 17.6 Å². The third-order valence-electron chi connectivity index (χ3n) is 12.2. The highest BCUT2D eigenvalue weighted by Gasteiger charge is 2.36. The van der Waals surface area contributed by atoms with Gasteiger partial charge in [-0.25, -0.2) is 4.39 Å². The molecule has 1 saturated heterocycles. The summed E-state index contributed by atoms with van der Waals surface area (Å²) in [6, 6.07) is 7.16. The monoisotopic (exact) mass is 735 g/mol. The van der Waals surface area contributed by atoms with E-state index in [1.54, 1.807) is 12.1 Å². The van der Waals surface area contributed by atoms with E-state index >= 15 is 4.39 Å². The van der Waals surface area contributed by atoms with Crippen molar-refractivity contribution >= 4 is 39.1 Å². The van der Waals surface area contributed by atoms with Gasteiger partial charge in [-0.15, -0.1) is 0 Å². The number of hydrogen-bond donors (Lipinski definition) is 2. The van der Waals surface area contributed by atoms with Crippen LogP contribution in [0.4, 0.5) is 10.2 Å². The number of phenols is 1. The Labute approximate surface area is 319 Å². The smallest absolute Gasteiger partial charge is 0.318 e. The number of benzene rings is 3. The lowest BCUT2D eigenvalue weighted by atomic mass is 9.73. The molecule has 3 unspecified atom stereocenters. The Morgan fingerprint density at radius 2 is 1.80 bits per heavy atom. The van der Waals surface area contributed by atoms with E-state index in [4.69, 9.17) is 19.4 Å². The molecule has 1 aromatic heterocycles. The largest absolute Gasteiger partial charge is 0.508 e. The van der Waals surface area contributed by atoms with Crippen molar-refractivity contribution in [3.05, 3.63) is 63.8 Å². The predicted octanol–water partition coefficient (Wildman–Crippen LogP) is 8.40. The molecular formula is C46H58FN3O4. The molecule has 54 heavy (non-hydrogen) atoms. The van der Waals surface area contributed by atoms with Gasteiger partial charge in [-0.3, -0.25) is 0 Å². The van der Waals surface area contributed by atoms with Crippen molar-refractivity contribution in [2.24, 2.45) is 22.7 Å². The standard InChI is InChI=1S/C46H58FN3O4/c1-10-32-28(6)27(5)18-35-39(32)40(36-20-30(51)19-29-13-14-37(47)33(11-2)38(29)36)34(12-3)42-41(35)43(50-15-16-53-24-45(7,8)23-50)49-44(48-42)54-25-46(9)21-26(4)17-31(52)22-46/h13-14,18-20,27-28,31,51-52H,4,10-12,15-17,21-25H2,1-3,5-9H3/t27?,28?,31-,46?/m0/s1. The SMILES string of the molecule is C=C1C[C@H](O)CC(C)(COc2nc(N3CCOCC(C)(C)C3)c3c4c(c(-c5cc(O)cc6ccc(F)c(CC)c56)c(CC)c3n2)=C(CC)C(C)C(C)C=4)C1. The fraction of sp³-hybridized carbons (Fsp3) is 0.522. The zero-order valence-corrected chi connectivity index (χ0v) is 33.5. The Morgan fingerprint density at radius 3 is 2.50 bits per heavy atom. The van der Waals surface area contributed by atoms with Crippen LogP contribution in [0.1, 0.15) is 92.2 Å². The maximum absolute atomic E-state index is 15.7. The van der Waals surface area contributed by atoms with E-state index in [0.29, 0.717) is 63.6 Å². The first-order valence-corrected chi connectivity index (χ1v) is 20.0. The number of anilines is 1. The molecule has 1 aliphatic heterocycles. The van der Waals surface area contributed by atoms with Crippen LogP contribution in [0.3, 0.4) is 0 Å². The minimum Gasteiger partial charge on any atom is -0.508 e. The number of halogens is 1. The van der Waals surface area contributed by atoms with E-state index in [1.165, 1.54) is 11.6 Å². The molecule has 0 bridgehead atoms. The van der Waals surface area contributed by atoms with Crippen LogP contribution in [0, 0.1) is 28.5 Å². The molecule has 7 nitrogen and oxygen atoms in total. The predicted molar refractivity (Wildman–Crippen MR) is 218 cm³/mol. The zero-order chi connectivity index (χ0) is 38.7. The second kappa shape index (κ2) is 14.6. The van der Waals surface area contributed by atoms with Crippen LogP contribution in [0.25, 0.3) is 44.5 Å². The quantitative estimate of drug-likeness (QED) is 0.176. The molecule has 288 valence electrons. The van der Waals surface area contributed by atoms with Crippen molar-refractivity contribution in [2.45, 2.75) is 100 Å². The summed E-state index contributed by atoms with van der Waals surface area (Å²) in [7, 11) is 0. The minimum atomic E-state index is -0.452. The fourth-order valence-electron chi connectivity index (χ4n) is 9.77. The molecule has 2 aliphatic carbocycles. The van der Waals surface area contributed by atoms with Crippen molar-refractivity contribution < 1.29 is 24.1 Å².